The molecule has 0 rings (SSSR count). The number of carbonyl (C=O) groups is 1. The van der Waals surface area contributed by atoms with E-state index < -0.39 is 12.1 Å². The largest absolute Gasteiger partial charge is 1.00 e. The summed E-state index contributed by atoms with van der Waals surface area (Å²) in [6, 6.07) is 0. The monoisotopic (exact) mass is 166 g/mol. The van der Waals surface area contributed by atoms with Crippen molar-refractivity contribution in [3.05, 3.63) is 0 Å². The summed E-state index contributed by atoms with van der Waals surface area (Å²) in [6.07, 6.45) is -4.85. The van der Waals surface area contributed by atoms with Crippen molar-refractivity contribution in [1.29, 1.82) is 0 Å². The van der Waals surface area contributed by atoms with E-state index in [4.69, 9.17) is 0 Å². The number of carbonyl (C=O) groups excluding carboxylic acids is 1. The Labute approximate surface area is 79.5 Å². The van der Waals surface area contributed by atoms with Crippen molar-refractivity contribution >= 4 is 5.97 Å². The zero-order chi connectivity index (χ0) is 7.49. The summed E-state index contributed by atoms with van der Waals surface area (Å²) in [5, 5.41) is 0. The van der Waals surface area contributed by atoms with Gasteiger partial charge in [-0.3, -0.25) is 0 Å². The second-order valence-corrected chi connectivity index (χ2v) is 1.22. The second-order valence-electron chi connectivity index (χ2n) is 1.22. The van der Waals surface area contributed by atoms with Gasteiger partial charge in [0.05, 0.1) is 6.61 Å². The van der Waals surface area contributed by atoms with E-state index in [0.29, 0.717) is 0 Å². The molecule has 0 aliphatic rings. The second kappa shape index (κ2) is 4.98. The maximum atomic E-state index is 11.2. The van der Waals surface area contributed by atoms with Crippen LogP contribution in [0.25, 0.3) is 0 Å². The van der Waals surface area contributed by atoms with Crippen molar-refractivity contribution in [2.45, 2.75) is 13.1 Å². The Bertz CT molecular complexity index is 116. The van der Waals surface area contributed by atoms with E-state index >= 15 is 0 Å². The molecule has 0 fully saturated rings. The molecule has 0 aromatic carbocycles. The fourth-order valence-electron chi connectivity index (χ4n) is 0.213. The molecule has 0 heterocycles. The maximum Gasteiger partial charge on any atom is 1.00 e. The third-order valence-electron chi connectivity index (χ3n) is 0.507. The molecule has 0 aliphatic heterocycles. The van der Waals surface area contributed by atoms with Crippen LogP contribution >= 0.6 is 0 Å². The third-order valence-corrected chi connectivity index (χ3v) is 0.507. The van der Waals surface area contributed by atoms with Gasteiger partial charge in [-0.05, 0) is 6.92 Å². The van der Waals surface area contributed by atoms with Crippen molar-refractivity contribution in [3.63, 3.8) is 0 Å². The van der Waals surface area contributed by atoms with E-state index in [2.05, 4.69) is 4.74 Å². The first kappa shape index (κ1) is 12.9. The Balaban J connectivity index is -0.000000320. The van der Waals surface area contributed by atoms with Crippen molar-refractivity contribution in [1.82, 2.24) is 0 Å². The van der Waals surface area contributed by atoms with Gasteiger partial charge in [-0.2, -0.15) is 13.2 Å². The van der Waals surface area contributed by atoms with Crippen molar-refractivity contribution < 1.29 is 53.7 Å². The number of hydrogen-bond donors (Lipinski definition) is 0. The molecule has 0 aromatic rings. The zero-order valence-corrected chi connectivity index (χ0v) is 7.66. The Kier molecular flexibility index (Phi) is 6.43. The fourth-order valence-corrected chi connectivity index (χ4v) is 0.213. The van der Waals surface area contributed by atoms with Crippen LogP contribution in [0.3, 0.4) is 0 Å². The number of ether oxygens (including phenoxy) is 1. The van der Waals surface area contributed by atoms with Gasteiger partial charge >= 0.3 is 41.7 Å². The third kappa shape index (κ3) is 5.08. The van der Waals surface area contributed by atoms with E-state index in [1.54, 1.807) is 0 Å². The molecule has 0 aliphatic carbocycles. The number of rotatable bonds is 1. The van der Waals surface area contributed by atoms with Gasteiger partial charge in [-0.25, -0.2) is 4.79 Å². The molecule has 56 valence electrons. The minimum absolute atomic E-state index is 0. The molecule has 0 unspecified atom stereocenters. The molecule has 0 radical (unpaired) electrons. The number of esters is 1. The van der Waals surface area contributed by atoms with Gasteiger partial charge in [0, 0.05) is 0 Å². The molecule has 0 atom stereocenters. The normalized spacial score (nSPS) is 10.0. The van der Waals surface area contributed by atoms with Crippen LogP contribution in [0.4, 0.5) is 13.2 Å². The molecule has 2 nitrogen and oxygen atoms in total. The predicted octanol–water partition coefficient (Wildman–Crippen LogP) is -1.77. The Morgan fingerprint density at radius 1 is 1.60 bits per heavy atom. The van der Waals surface area contributed by atoms with E-state index in [1.165, 1.54) is 6.92 Å². The molecule has 0 spiro atoms. The van der Waals surface area contributed by atoms with Crippen LogP contribution in [0, 0.1) is 0 Å². The quantitative estimate of drug-likeness (QED) is 0.340. The Hall–Kier alpha value is 0.260. The summed E-state index contributed by atoms with van der Waals surface area (Å²) in [4.78, 5) is 9.72. The summed E-state index contributed by atoms with van der Waals surface area (Å²) in [6.45, 7) is 1.06. The predicted molar refractivity (Wildman–Crippen MR) is 23.8 cm³/mol. The molecule has 6 heteroatoms. The number of hydrogen-bond acceptors (Lipinski definition) is 2. The summed E-state index contributed by atoms with van der Waals surface area (Å²) in [5.41, 5.74) is 0. The van der Waals surface area contributed by atoms with Crippen LogP contribution < -0.4 is 29.6 Å². The van der Waals surface area contributed by atoms with Gasteiger partial charge in [0.15, 0.2) is 0 Å². The minimum atomic E-state index is -4.85. The Morgan fingerprint density at radius 3 is 2.10 bits per heavy atom. The summed E-state index contributed by atoms with van der Waals surface area (Å²) < 4.78 is 37.1. The van der Waals surface area contributed by atoms with E-state index in [1.807, 2.05) is 0 Å². The van der Waals surface area contributed by atoms with E-state index in [0.717, 1.165) is 0 Å². The van der Waals surface area contributed by atoms with Crippen LogP contribution in [0.5, 0.6) is 0 Å². The average Bonchev–Trinajstić information content (AvgIpc) is 1.64. The van der Waals surface area contributed by atoms with Crippen molar-refractivity contribution in [3.8, 4) is 0 Å². The minimum Gasteiger partial charge on any atom is -1.00 e. The summed E-state index contributed by atoms with van der Waals surface area (Å²) in [7, 11) is 0. The Morgan fingerprint density at radius 2 is 2.00 bits per heavy atom. The molecule has 0 aromatic heterocycles. The molecule has 0 bridgehead atoms. The van der Waals surface area contributed by atoms with Gasteiger partial charge in [0.2, 0.25) is 0 Å². The average molecular weight is 166 g/mol. The zero-order valence-electron chi connectivity index (χ0n) is 6.66. The number of halogens is 3. The van der Waals surface area contributed by atoms with Gasteiger partial charge in [0.25, 0.3) is 0 Å². The SMILES string of the molecule is CCOC(=O)C(F)(F)F.[H-].[Na+]. The standard InChI is InChI=1S/C4H5F3O2.Na.H/c1-2-9-3(8)4(5,6)7;;/h2H2,1H3;;/q;+1;-1. The van der Waals surface area contributed by atoms with Crippen LogP contribution in [-0.2, 0) is 9.53 Å². The summed E-state index contributed by atoms with van der Waals surface area (Å²) in [5.74, 6) is -2.13. The first-order valence-electron chi connectivity index (χ1n) is 2.22. The first-order chi connectivity index (χ1) is 3.98. The molecule has 0 saturated carbocycles. The van der Waals surface area contributed by atoms with Crippen LogP contribution in [0.2, 0.25) is 0 Å². The van der Waals surface area contributed by atoms with Crippen LogP contribution in [0.15, 0.2) is 0 Å². The van der Waals surface area contributed by atoms with Gasteiger partial charge in [-0.1, -0.05) is 0 Å². The molecule has 0 amide bonds. The molecular formula is C4H6F3NaO2. The molecule has 10 heavy (non-hydrogen) atoms. The van der Waals surface area contributed by atoms with E-state index in [-0.39, 0.29) is 37.6 Å². The molecular weight excluding hydrogens is 160 g/mol. The molecule has 0 saturated heterocycles. The molecule has 0 N–H and O–H groups in total. The van der Waals surface area contributed by atoms with E-state index in [9.17, 15) is 18.0 Å². The van der Waals surface area contributed by atoms with Gasteiger partial charge < -0.3 is 6.16 Å². The topological polar surface area (TPSA) is 26.3 Å². The van der Waals surface area contributed by atoms with Crippen molar-refractivity contribution in [2.24, 2.45) is 0 Å². The van der Waals surface area contributed by atoms with Gasteiger partial charge in [-0.15, -0.1) is 0 Å². The smallest absolute Gasteiger partial charge is 1.00 e. The summed E-state index contributed by atoms with van der Waals surface area (Å²) >= 11 is 0. The maximum absolute atomic E-state index is 11.2. The van der Waals surface area contributed by atoms with Crippen LogP contribution in [0.1, 0.15) is 8.35 Å². The number of alkyl halides is 3. The fraction of sp³-hybridized carbons (Fsp3) is 0.750. The van der Waals surface area contributed by atoms with Crippen molar-refractivity contribution in [2.75, 3.05) is 6.61 Å². The first-order valence-corrected chi connectivity index (χ1v) is 2.22. The van der Waals surface area contributed by atoms with Gasteiger partial charge in [0.1, 0.15) is 0 Å². The van der Waals surface area contributed by atoms with Crippen LogP contribution in [-0.4, -0.2) is 18.8 Å².